The minimum atomic E-state index is -0.107. The van der Waals surface area contributed by atoms with E-state index in [0.29, 0.717) is 19.6 Å². The first kappa shape index (κ1) is 23.4. The Morgan fingerprint density at radius 1 is 1.09 bits per heavy atom. The maximum atomic E-state index is 13.1. The number of amides is 3. The number of likely N-dealkylation sites (tertiary alicyclic amines) is 1. The van der Waals surface area contributed by atoms with Crippen molar-refractivity contribution < 1.29 is 9.59 Å². The van der Waals surface area contributed by atoms with E-state index in [0.717, 1.165) is 62.4 Å². The van der Waals surface area contributed by atoms with Crippen LogP contribution in [0.4, 0.5) is 4.79 Å². The maximum Gasteiger partial charge on any atom is 0.326 e. The summed E-state index contributed by atoms with van der Waals surface area (Å²) in [4.78, 5) is 45.0. The maximum absolute atomic E-state index is 13.1. The molecular formula is C25H37N5O3. The number of aromatic nitrogens is 2. The van der Waals surface area contributed by atoms with Gasteiger partial charge in [0.2, 0.25) is 5.91 Å². The predicted octanol–water partition coefficient (Wildman–Crippen LogP) is 3.64. The van der Waals surface area contributed by atoms with Crippen LogP contribution in [0.3, 0.4) is 0 Å². The van der Waals surface area contributed by atoms with Gasteiger partial charge in [-0.2, -0.15) is 0 Å². The summed E-state index contributed by atoms with van der Waals surface area (Å²) in [7, 11) is 0. The highest BCUT2D eigenvalue weighted by atomic mass is 16.2. The van der Waals surface area contributed by atoms with Crippen LogP contribution in [-0.4, -0.2) is 63.5 Å². The normalized spacial score (nSPS) is 17.9. The number of aromatic amines is 1. The fourth-order valence-electron chi connectivity index (χ4n) is 5.19. The second-order valence-corrected chi connectivity index (χ2v) is 9.49. The standard InChI is InChI=1S/C25H37N5O3/c1-2-3-15-29(24(32)26-19-9-5-4-6-10-19)18-23(31)28-16-13-20(14-17-28)30-22-12-8-7-11-21(22)27-25(30)33/h7-8,11-12,19-20H,2-6,9-10,13-18H2,1H3,(H,26,32)(H,27,33). The van der Waals surface area contributed by atoms with Gasteiger partial charge in [0.1, 0.15) is 6.54 Å². The third-order valence-electron chi connectivity index (χ3n) is 7.13. The highest BCUT2D eigenvalue weighted by molar-refractivity contribution is 5.84. The van der Waals surface area contributed by atoms with Gasteiger partial charge in [0.25, 0.3) is 0 Å². The summed E-state index contributed by atoms with van der Waals surface area (Å²) in [6.45, 7) is 4.01. The second-order valence-electron chi connectivity index (χ2n) is 9.49. The first-order valence-corrected chi connectivity index (χ1v) is 12.6. The smallest absolute Gasteiger partial charge is 0.326 e. The number of imidazole rings is 1. The zero-order chi connectivity index (χ0) is 23.2. The number of hydrogen-bond donors (Lipinski definition) is 2. The molecule has 0 radical (unpaired) electrons. The van der Waals surface area contributed by atoms with E-state index >= 15 is 0 Å². The molecule has 0 atom stereocenters. The number of fused-ring (bicyclic) bond motifs is 1. The lowest BCUT2D eigenvalue weighted by atomic mass is 9.96. The lowest BCUT2D eigenvalue weighted by molar-refractivity contribution is -0.133. The van der Waals surface area contributed by atoms with Gasteiger partial charge in [-0.05, 0) is 44.2 Å². The summed E-state index contributed by atoms with van der Waals surface area (Å²) in [6.07, 6.45) is 8.95. The van der Waals surface area contributed by atoms with Crippen molar-refractivity contribution in [3.63, 3.8) is 0 Å². The van der Waals surface area contributed by atoms with E-state index in [2.05, 4.69) is 17.2 Å². The molecule has 1 aromatic heterocycles. The quantitative estimate of drug-likeness (QED) is 0.668. The number of para-hydroxylation sites is 2. The molecule has 2 heterocycles. The average molecular weight is 456 g/mol. The van der Waals surface area contributed by atoms with E-state index < -0.39 is 0 Å². The minimum Gasteiger partial charge on any atom is -0.341 e. The molecule has 3 amide bonds. The van der Waals surface area contributed by atoms with Gasteiger partial charge in [-0.15, -0.1) is 0 Å². The Labute approximate surface area is 195 Å². The minimum absolute atomic E-state index is 0.00498. The number of nitrogens with one attached hydrogen (secondary N) is 2. The molecule has 180 valence electrons. The Morgan fingerprint density at radius 3 is 2.55 bits per heavy atom. The molecule has 2 aromatic rings. The summed E-state index contributed by atoms with van der Waals surface area (Å²) in [6, 6.07) is 7.92. The molecule has 2 aliphatic rings. The Hall–Kier alpha value is -2.77. The first-order chi connectivity index (χ1) is 16.1. The Bertz CT molecular complexity index is 999. The van der Waals surface area contributed by atoms with Crippen LogP contribution in [0, 0.1) is 0 Å². The molecule has 33 heavy (non-hydrogen) atoms. The monoisotopic (exact) mass is 455 g/mol. The van der Waals surface area contributed by atoms with E-state index in [1.165, 1.54) is 6.42 Å². The fraction of sp³-hybridized carbons (Fsp3) is 0.640. The number of nitrogens with zero attached hydrogens (tertiary/aromatic N) is 3. The van der Waals surface area contributed by atoms with Crippen LogP contribution in [0.25, 0.3) is 11.0 Å². The number of piperidine rings is 1. The van der Waals surface area contributed by atoms with E-state index in [-0.39, 0.29) is 36.3 Å². The number of urea groups is 1. The molecule has 1 aliphatic heterocycles. The predicted molar refractivity (Wildman–Crippen MR) is 129 cm³/mol. The van der Waals surface area contributed by atoms with Crippen molar-refractivity contribution >= 4 is 23.0 Å². The van der Waals surface area contributed by atoms with E-state index in [9.17, 15) is 14.4 Å². The summed E-state index contributed by atoms with van der Waals surface area (Å²) in [5.41, 5.74) is 1.67. The number of hydrogen-bond acceptors (Lipinski definition) is 3. The van der Waals surface area contributed by atoms with Gasteiger partial charge >= 0.3 is 11.7 Å². The van der Waals surface area contributed by atoms with Gasteiger partial charge in [-0.3, -0.25) is 9.36 Å². The van der Waals surface area contributed by atoms with Crippen LogP contribution in [0.5, 0.6) is 0 Å². The number of rotatable bonds is 7. The fourth-order valence-corrected chi connectivity index (χ4v) is 5.19. The molecule has 0 unspecified atom stereocenters. The van der Waals surface area contributed by atoms with Crippen molar-refractivity contribution in [1.82, 2.24) is 24.7 Å². The molecule has 2 N–H and O–H groups in total. The third-order valence-corrected chi connectivity index (χ3v) is 7.13. The summed E-state index contributed by atoms with van der Waals surface area (Å²) < 4.78 is 1.84. The SMILES string of the molecule is CCCCN(CC(=O)N1CCC(n2c(=O)[nH]c3ccccc32)CC1)C(=O)NC1CCCCC1. The van der Waals surface area contributed by atoms with Crippen LogP contribution >= 0.6 is 0 Å². The molecule has 1 saturated heterocycles. The molecule has 8 heteroatoms. The number of carbonyl (C=O) groups excluding carboxylic acids is 2. The Kier molecular flexibility index (Phi) is 7.73. The highest BCUT2D eigenvalue weighted by Crippen LogP contribution is 2.25. The van der Waals surface area contributed by atoms with E-state index in [4.69, 9.17) is 0 Å². The van der Waals surface area contributed by atoms with Crippen molar-refractivity contribution in [3.05, 3.63) is 34.7 Å². The molecule has 4 rings (SSSR count). The van der Waals surface area contributed by atoms with Crippen LogP contribution < -0.4 is 11.0 Å². The number of H-pyrrole nitrogens is 1. The first-order valence-electron chi connectivity index (χ1n) is 12.6. The van der Waals surface area contributed by atoms with Crippen molar-refractivity contribution in [2.75, 3.05) is 26.2 Å². The summed E-state index contributed by atoms with van der Waals surface area (Å²) in [5.74, 6) is -0.00498. The van der Waals surface area contributed by atoms with Crippen molar-refractivity contribution in [3.8, 4) is 0 Å². The van der Waals surface area contributed by atoms with Gasteiger partial charge in [0, 0.05) is 31.7 Å². The average Bonchev–Trinajstić information content (AvgIpc) is 3.18. The van der Waals surface area contributed by atoms with Gasteiger partial charge in [-0.25, -0.2) is 9.59 Å². The van der Waals surface area contributed by atoms with Gasteiger partial charge in [0.15, 0.2) is 0 Å². The lowest BCUT2D eigenvalue weighted by Gasteiger charge is -2.34. The zero-order valence-electron chi connectivity index (χ0n) is 19.7. The van der Waals surface area contributed by atoms with E-state index in [1.54, 1.807) is 4.90 Å². The third kappa shape index (κ3) is 5.60. The summed E-state index contributed by atoms with van der Waals surface area (Å²) >= 11 is 0. The molecule has 8 nitrogen and oxygen atoms in total. The van der Waals surface area contributed by atoms with Crippen LogP contribution in [0.15, 0.2) is 29.1 Å². The topological polar surface area (TPSA) is 90.4 Å². The van der Waals surface area contributed by atoms with Crippen molar-refractivity contribution in [1.29, 1.82) is 0 Å². The molecule has 0 bridgehead atoms. The second kappa shape index (κ2) is 10.9. The number of unbranched alkanes of at least 4 members (excludes halogenated alkanes) is 1. The Balaban J connectivity index is 1.34. The largest absolute Gasteiger partial charge is 0.341 e. The molecule has 0 spiro atoms. The van der Waals surface area contributed by atoms with Gasteiger partial charge in [-0.1, -0.05) is 44.7 Å². The number of carbonyl (C=O) groups is 2. The molecule has 1 aromatic carbocycles. The van der Waals surface area contributed by atoms with Crippen LogP contribution in [-0.2, 0) is 4.79 Å². The highest BCUT2D eigenvalue weighted by Gasteiger charge is 2.28. The van der Waals surface area contributed by atoms with Crippen molar-refractivity contribution in [2.24, 2.45) is 0 Å². The molecule has 1 saturated carbocycles. The lowest BCUT2D eigenvalue weighted by Crippen LogP contribution is -2.51. The summed E-state index contributed by atoms with van der Waals surface area (Å²) in [5, 5.41) is 3.16. The molecule has 1 aliphatic carbocycles. The van der Waals surface area contributed by atoms with Crippen LogP contribution in [0.1, 0.15) is 70.8 Å². The number of benzene rings is 1. The molecule has 2 fully saturated rings. The Morgan fingerprint density at radius 2 is 1.82 bits per heavy atom. The zero-order valence-corrected chi connectivity index (χ0v) is 19.7. The van der Waals surface area contributed by atoms with Crippen molar-refractivity contribution in [2.45, 2.75) is 76.8 Å². The van der Waals surface area contributed by atoms with Gasteiger partial charge in [0.05, 0.1) is 11.0 Å². The van der Waals surface area contributed by atoms with E-state index in [1.807, 2.05) is 33.7 Å². The van der Waals surface area contributed by atoms with Crippen LogP contribution in [0.2, 0.25) is 0 Å². The molecular weight excluding hydrogens is 418 g/mol. The van der Waals surface area contributed by atoms with Gasteiger partial charge < -0.3 is 20.1 Å².